The zero-order valence-corrected chi connectivity index (χ0v) is 7.75. The van der Waals surface area contributed by atoms with Crippen molar-refractivity contribution in [2.24, 2.45) is 5.41 Å². The highest BCUT2D eigenvalue weighted by Gasteiger charge is 2.48. The topological polar surface area (TPSA) is 46.5 Å². The largest absolute Gasteiger partial charge is 0.481 e. The Morgan fingerprint density at radius 2 is 2.46 bits per heavy atom. The van der Waals surface area contributed by atoms with Gasteiger partial charge in [-0.05, 0) is 6.42 Å². The molecule has 0 aliphatic carbocycles. The monoisotopic (exact) mass is 190 g/mol. The number of carboxylic acid groups (broad SMARTS) is 1. The minimum Gasteiger partial charge on any atom is -0.481 e. The van der Waals surface area contributed by atoms with Gasteiger partial charge in [0.05, 0.1) is 6.61 Å². The summed E-state index contributed by atoms with van der Waals surface area (Å²) in [4.78, 5) is 11.0. The molecule has 0 radical (unpaired) electrons. The zero-order valence-electron chi connectivity index (χ0n) is 7.75. The maximum atomic E-state index is 13.5. The Labute approximate surface area is 76.9 Å². The quantitative estimate of drug-likeness (QED) is 0.735. The molecule has 0 bridgehead atoms. The molecule has 76 valence electrons. The van der Waals surface area contributed by atoms with Crippen molar-refractivity contribution in [2.75, 3.05) is 13.2 Å². The molecule has 2 unspecified atom stereocenters. The van der Waals surface area contributed by atoms with Gasteiger partial charge < -0.3 is 9.84 Å². The van der Waals surface area contributed by atoms with Gasteiger partial charge in [0.2, 0.25) is 0 Å². The van der Waals surface area contributed by atoms with Crippen LogP contribution < -0.4 is 0 Å². The highest BCUT2D eigenvalue weighted by molar-refractivity contribution is 5.75. The van der Waals surface area contributed by atoms with E-state index in [1.54, 1.807) is 0 Å². The second-order valence-corrected chi connectivity index (χ2v) is 3.52. The van der Waals surface area contributed by atoms with Gasteiger partial charge in [-0.2, -0.15) is 0 Å². The number of hydrogen-bond acceptors (Lipinski definition) is 2. The molecule has 0 aromatic rings. The van der Waals surface area contributed by atoms with Gasteiger partial charge in [0.1, 0.15) is 11.6 Å². The summed E-state index contributed by atoms with van der Waals surface area (Å²) in [6.07, 6.45) is -0.0509. The van der Waals surface area contributed by atoms with E-state index in [4.69, 9.17) is 9.84 Å². The molecule has 0 aromatic carbocycles. The van der Waals surface area contributed by atoms with Crippen molar-refractivity contribution in [2.45, 2.75) is 32.4 Å². The van der Waals surface area contributed by atoms with Crippen LogP contribution in [0.1, 0.15) is 26.2 Å². The summed E-state index contributed by atoms with van der Waals surface area (Å²) < 4.78 is 18.5. The first-order chi connectivity index (χ1) is 6.13. The maximum Gasteiger partial charge on any atom is 0.314 e. The molecule has 1 aliphatic rings. The summed E-state index contributed by atoms with van der Waals surface area (Å²) in [5, 5.41) is 8.97. The highest BCUT2D eigenvalue weighted by Crippen LogP contribution is 2.36. The maximum absolute atomic E-state index is 13.5. The van der Waals surface area contributed by atoms with Crippen molar-refractivity contribution >= 4 is 5.97 Å². The van der Waals surface area contributed by atoms with Gasteiger partial charge in [-0.25, -0.2) is 4.39 Å². The standard InChI is InChI=1S/C9H15FO3/c1-2-4-9(8(11)12)6-13-5-3-7(9)10/h7H,2-6H2,1H3,(H,11,12). The minimum atomic E-state index is -1.28. The van der Waals surface area contributed by atoms with Crippen molar-refractivity contribution in [3.05, 3.63) is 0 Å². The molecule has 0 aromatic heterocycles. The van der Waals surface area contributed by atoms with Gasteiger partial charge in [0.25, 0.3) is 0 Å². The van der Waals surface area contributed by atoms with Crippen LogP contribution in [0.25, 0.3) is 0 Å². The van der Waals surface area contributed by atoms with Crippen molar-refractivity contribution in [1.29, 1.82) is 0 Å². The van der Waals surface area contributed by atoms with Gasteiger partial charge in [0, 0.05) is 13.0 Å². The first kappa shape index (κ1) is 10.4. The molecule has 13 heavy (non-hydrogen) atoms. The molecule has 1 rings (SSSR count). The van der Waals surface area contributed by atoms with E-state index in [9.17, 15) is 9.18 Å². The highest BCUT2D eigenvalue weighted by atomic mass is 19.1. The molecular weight excluding hydrogens is 175 g/mol. The molecule has 1 aliphatic heterocycles. The summed E-state index contributed by atoms with van der Waals surface area (Å²) in [6, 6.07) is 0. The smallest absolute Gasteiger partial charge is 0.314 e. The lowest BCUT2D eigenvalue weighted by Crippen LogP contribution is -2.47. The third-order valence-corrected chi connectivity index (χ3v) is 2.60. The molecule has 1 heterocycles. The Hall–Kier alpha value is -0.640. The zero-order chi connectivity index (χ0) is 9.90. The lowest BCUT2D eigenvalue weighted by molar-refractivity contribution is -0.166. The third-order valence-electron chi connectivity index (χ3n) is 2.60. The number of rotatable bonds is 3. The van der Waals surface area contributed by atoms with Gasteiger partial charge >= 0.3 is 5.97 Å². The normalized spacial score (nSPS) is 34.5. The van der Waals surface area contributed by atoms with Crippen LogP contribution in [0.15, 0.2) is 0 Å². The molecule has 1 N–H and O–H groups in total. The summed E-state index contributed by atoms with van der Waals surface area (Å²) >= 11 is 0. The molecule has 0 spiro atoms. The average Bonchev–Trinajstić information content (AvgIpc) is 2.09. The van der Waals surface area contributed by atoms with E-state index in [0.717, 1.165) is 0 Å². The molecular formula is C9H15FO3. The minimum absolute atomic E-state index is 0.0112. The average molecular weight is 190 g/mol. The van der Waals surface area contributed by atoms with Crippen LogP contribution in [0.3, 0.4) is 0 Å². The number of ether oxygens (including phenoxy) is 1. The molecule has 1 saturated heterocycles. The second-order valence-electron chi connectivity index (χ2n) is 3.52. The van der Waals surface area contributed by atoms with Crippen LogP contribution in [-0.2, 0) is 9.53 Å². The fourth-order valence-electron chi connectivity index (χ4n) is 1.79. The predicted octanol–water partition coefficient (Wildman–Crippen LogP) is 1.62. The van der Waals surface area contributed by atoms with Gasteiger partial charge in [-0.3, -0.25) is 4.79 Å². The number of hydrogen-bond donors (Lipinski definition) is 1. The Kier molecular flexibility index (Phi) is 3.25. The van der Waals surface area contributed by atoms with Gasteiger partial charge in [-0.1, -0.05) is 13.3 Å². The summed E-state index contributed by atoms with van der Waals surface area (Å²) in [7, 11) is 0. The van der Waals surface area contributed by atoms with Crippen LogP contribution >= 0.6 is 0 Å². The van der Waals surface area contributed by atoms with E-state index in [2.05, 4.69) is 0 Å². The van der Waals surface area contributed by atoms with E-state index in [1.807, 2.05) is 6.92 Å². The Morgan fingerprint density at radius 3 is 2.92 bits per heavy atom. The Bertz CT molecular complexity index is 191. The van der Waals surface area contributed by atoms with Crippen molar-refractivity contribution in [3.63, 3.8) is 0 Å². The van der Waals surface area contributed by atoms with E-state index >= 15 is 0 Å². The number of aliphatic carboxylic acids is 1. The van der Waals surface area contributed by atoms with Crippen molar-refractivity contribution in [1.82, 2.24) is 0 Å². The molecule has 1 fully saturated rings. The first-order valence-corrected chi connectivity index (χ1v) is 4.58. The second kappa shape index (κ2) is 4.05. The van der Waals surface area contributed by atoms with Crippen LogP contribution in [0.4, 0.5) is 4.39 Å². The summed E-state index contributed by atoms with van der Waals surface area (Å²) in [5.41, 5.74) is -1.28. The molecule has 0 saturated carbocycles. The number of carboxylic acids is 1. The van der Waals surface area contributed by atoms with E-state index in [-0.39, 0.29) is 13.0 Å². The fraction of sp³-hybridized carbons (Fsp3) is 0.889. The summed E-state index contributed by atoms with van der Waals surface area (Å²) in [5.74, 6) is -1.07. The van der Waals surface area contributed by atoms with Gasteiger partial charge in [0.15, 0.2) is 0 Å². The lowest BCUT2D eigenvalue weighted by atomic mass is 9.77. The number of halogens is 1. The molecule has 0 amide bonds. The predicted molar refractivity (Wildman–Crippen MR) is 45.3 cm³/mol. The van der Waals surface area contributed by atoms with Crippen molar-refractivity contribution < 1.29 is 19.0 Å². The lowest BCUT2D eigenvalue weighted by Gasteiger charge is -2.35. The first-order valence-electron chi connectivity index (χ1n) is 4.58. The molecule has 3 nitrogen and oxygen atoms in total. The Morgan fingerprint density at radius 1 is 1.77 bits per heavy atom. The fourth-order valence-corrected chi connectivity index (χ4v) is 1.79. The van der Waals surface area contributed by atoms with E-state index in [1.165, 1.54) is 0 Å². The SMILES string of the molecule is CCCC1(C(=O)O)COCCC1F. The van der Waals surface area contributed by atoms with Crippen LogP contribution in [0.5, 0.6) is 0 Å². The van der Waals surface area contributed by atoms with Crippen molar-refractivity contribution in [3.8, 4) is 0 Å². The van der Waals surface area contributed by atoms with Crippen LogP contribution in [0, 0.1) is 5.41 Å². The molecule has 4 heteroatoms. The number of carbonyl (C=O) groups is 1. The van der Waals surface area contributed by atoms with Crippen LogP contribution in [0.2, 0.25) is 0 Å². The van der Waals surface area contributed by atoms with Crippen LogP contribution in [-0.4, -0.2) is 30.5 Å². The molecule has 2 atom stereocenters. The van der Waals surface area contributed by atoms with E-state index < -0.39 is 17.6 Å². The number of alkyl halides is 1. The summed E-state index contributed by atoms with van der Waals surface area (Å²) in [6.45, 7) is 2.20. The van der Waals surface area contributed by atoms with Gasteiger partial charge in [-0.15, -0.1) is 0 Å². The Balaban J connectivity index is 2.79. The van der Waals surface area contributed by atoms with E-state index in [0.29, 0.717) is 19.4 Å². The third kappa shape index (κ3) is 1.82.